The van der Waals surface area contributed by atoms with E-state index in [4.69, 9.17) is 22.7 Å². The molecule has 3 rings (SSSR count). The second kappa shape index (κ2) is 6.68. The Balaban J connectivity index is 2.26. The van der Waals surface area contributed by atoms with Crippen molar-refractivity contribution in [3.8, 4) is 0 Å². The van der Waals surface area contributed by atoms with Gasteiger partial charge in [-0.2, -0.15) is 0 Å². The number of hydrogen-bond acceptors (Lipinski definition) is 6. The van der Waals surface area contributed by atoms with Gasteiger partial charge in [0.2, 0.25) is 0 Å². The number of allylic oxidation sites excluding steroid dienone is 1. The molecule has 0 aliphatic carbocycles. The van der Waals surface area contributed by atoms with Crippen molar-refractivity contribution in [2.75, 3.05) is 17.7 Å². The highest BCUT2D eigenvalue weighted by Gasteiger charge is 2.35. The Labute approximate surface area is 151 Å². The van der Waals surface area contributed by atoms with Crippen molar-refractivity contribution in [2.45, 2.75) is 26.7 Å². The molecule has 1 aliphatic heterocycles. The first-order chi connectivity index (χ1) is 11.9. The lowest BCUT2D eigenvalue weighted by atomic mass is 9.81. The van der Waals surface area contributed by atoms with Crippen molar-refractivity contribution in [3.63, 3.8) is 0 Å². The third kappa shape index (κ3) is 3.15. The van der Waals surface area contributed by atoms with Crippen LogP contribution < -0.4 is 11.1 Å². The number of carbonyl (C=O) groups excluding carboxylic acids is 1. The molecule has 1 aromatic heterocycles. The lowest BCUT2D eigenvalue weighted by molar-refractivity contribution is -0.138. The summed E-state index contributed by atoms with van der Waals surface area (Å²) in [5.74, 6) is 0.209. The van der Waals surface area contributed by atoms with Gasteiger partial charge in [-0.25, -0.2) is 9.78 Å². The molecule has 130 valence electrons. The van der Waals surface area contributed by atoms with E-state index in [1.165, 1.54) is 0 Å². The van der Waals surface area contributed by atoms with Crippen LogP contribution in [0.2, 0.25) is 0 Å². The number of aromatic nitrogens is 2. The van der Waals surface area contributed by atoms with Gasteiger partial charge < -0.3 is 20.8 Å². The highest BCUT2D eigenvalue weighted by molar-refractivity contribution is 7.71. The molecule has 1 aromatic carbocycles. The van der Waals surface area contributed by atoms with Gasteiger partial charge in [-0.1, -0.05) is 29.8 Å². The van der Waals surface area contributed by atoms with E-state index in [1.54, 1.807) is 6.92 Å². The number of aryl methyl sites for hydroxylation is 1. The third-order valence-corrected chi connectivity index (χ3v) is 4.39. The summed E-state index contributed by atoms with van der Waals surface area (Å²) in [6, 6.07) is 7.99. The molecule has 2 aromatic rings. The van der Waals surface area contributed by atoms with Gasteiger partial charge in [0.25, 0.3) is 0 Å². The van der Waals surface area contributed by atoms with Crippen LogP contribution in [0.15, 0.2) is 35.5 Å². The van der Waals surface area contributed by atoms with Crippen LogP contribution in [0.4, 0.5) is 11.6 Å². The van der Waals surface area contributed by atoms with Gasteiger partial charge in [0.1, 0.15) is 11.6 Å². The summed E-state index contributed by atoms with van der Waals surface area (Å²) < 4.78 is 5.57. The average Bonchev–Trinajstić information content (AvgIpc) is 2.54. The molecular weight excluding hydrogens is 336 g/mol. The molecule has 0 saturated carbocycles. The lowest BCUT2D eigenvalue weighted by Crippen LogP contribution is -2.26. The van der Waals surface area contributed by atoms with Crippen LogP contribution in [0.3, 0.4) is 0 Å². The topological polar surface area (TPSA) is 93.0 Å². The molecule has 1 atom stereocenters. The van der Waals surface area contributed by atoms with Gasteiger partial charge in [-0.05, 0) is 38.6 Å². The first-order valence-electron chi connectivity index (χ1n) is 8.03. The van der Waals surface area contributed by atoms with E-state index in [9.17, 15) is 4.79 Å². The zero-order valence-electron chi connectivity index (χ0n) is 14.3. The smallest absolute Gasteiger partial charge is 0.336 e. The van der Waals surface area contributed by atoms with Gasteiger partial charge >= 0.3 is 5.97 Å². The number of nitrogens with one attached hydrogen (secondary N) is 2. The molecule has 0 amide bonds. The second-order valence-corrected chi connectivity index (χ2v) is 6.33. The molecular formula is C18H20N4O2S. The SMILES string of the molecule is CCOC(=O)C1=C(C)Nc2nc(=S)[nH]c(N)c2C1c1ccc(C)cc1. The maximum Gasteiger partial charge on any atom is 0.336 e. The number of rotatable bonds is 3. The molecule has 0 fully saturated rings. The number of nitrogens with two attached hydrogens (primary N) is 1. The molecule has 2 heterocycles. The van der Waals surface area contributed by atoms with Crippen LogP contribution in [0.5, 0.6) is 0 Å². The van der Waals surface area contributed by atoms with Crippen LogP contribution in [0.25, 0.3) is 0 Å². The van der Waals surface area contributed by atoms with Crippen LogP contribution in [0.1, 0.15) is 36.5 Å². The Morgan fingerprint density at radius 2 is 2.00 bits per heavy atom. The van der Waals surface area contributed by atoms with Crippen molar-refractivity contribution in [2.24, 2.45) is 0 Å². The Morgan fingerprint density at radius 3 is 2.64 bits per heavy atom. The minimum absolute atomic E-state index is 0.291. The normalized spacial score (nSPS) is 16.2. The van der Waals surface area contributed by atoms with Gasteiger partial charge in [0.05, 0.1) is 18.1 Å². The molecule has 1 unspecified atom stereocenters. The van der Waals surface area contributed by atoms with Crippen LogP contribution >= 0.6 is 12.2 Å². The van der Waals surface area contributed by atoms with Crippen molar-refractivity contribution in [1.82, 2.24) is 9.97 Å². The van der Waals surface area contributed by atoms with E-state index in [0.29, 0.717) is 39.8 Å². The Morgan fingerprint density at radius 1 is 1.32 bits per heavy atom. The van der Waals surface area contributed by atoms with Crippen molar-refractivity contribution in [3.05, 3.63) is 57.0 Å². The summed E-state index contributed by atoms with van der Waals surface area (Å²) in [4.78, 5) is 19.9. The van der Waals surface area contributed by atoms with E-state index < -0.39 is 0 Å². The number of esters is 1. The molecule has 0 bridgehead atoms. The number of nitrogen functional groups attached to an aromatic ring is 1. The fraction of sp³-hybridized carbons (Fsp3) is 0.278. The first kappa shape index (κ1) is 17.2. The minimum Gasteiger partial charge on any atom is -0.463 e. The van der Waals surface area contributed by atoms with E-state index in [-0.39, 0.29) is 11.9 Å². The van der Waals surface area contributed by atoms with E-state index in [2.05, 4.69) is 15.3 Å². The summed E-state index contributed by atoms with van der Waals surface area (Å²) in [6.07, 6.45) is 0. The zero-order valence-corrected chi connectivity index (χ0v) is 15.2. The highest BCUT2D eigenvalue weighted by Crippen LogP contribution is 2.43. The largest absolute Gasteiger partial charge is 0.463 e. The number of nitrogens with zero attached hydrogens (tertiary/aromatic N) is 1. The number of ether oxygens (including phenoxy) is 1. The number of anilines is 2. The van der Waals surface area contributed by atoms with Gasteiger partial charge in [-0.3, -0.25) is 0 Å². The molecule has 1 aliphatic rings. The van der Waals surface area contributed by atoms with E-state index in [1.807, 2.05) is 38.1 Å². The van der Waals surface area contributed by atoms with Crippen LogP contribution in [-0.2, 0) is 9.53 Å². The second-order valence-electron chi connectivity index (χ2n) is 5.95. The molecule has 0 spiro atoms. The molecule has 6 nitrogen and oxygen atoms in total. The van der Waals surface area contributed by atoms with Crippen molar-refractivity contribution in [1.29, 1.82) is 0 Å². The van der Waals surface area contributed by atoms with Crippen molar-refractivity contribution < 1.29 is 9.53 Å². The van der Waals surface area contributed by atoms with Gasteiger partial charge in [0, 0.05) is 11.3 Å². The molecule has 0 radical (unpaired) electrons. The predicted octanol–water partition coefficient (Wildman–Crippen LogP) is 3.42. The minimum atomic E-state index is -0.379. The van der Waals surface area contributed by atoms with E-state index in [0.717, 1.165) is 11.1 Å². The summed E-state index contributed by atoms with van der Waals surface area (Å²) in [7, 11) is 0. The molecule has 0 saturated heterocycles. The van der Waals surface area contributed by atoms with E-state index >= 15 is 0 Å². The zero-order chi connectivity index (χ0) is 18.1. The summed E-state index contributed by atoms with van der Waals surface area (Å²) in [5, 5.41) is 3.14. The quantitative estimate of drug-likeness (QED) is 0.576. The maximum absolute atomic E-state index is 12.6. The number of benzene rings is 1. The highest BCUT2D eigenvalue weighted by atomic mass is 32.1. The lowest BCUT2D eigenvalue weighted by Gasteiger charge is -2.30. The fourth-order valence-corrected chi connectivity index (χ4v) is 3.27. The molecule has 7 heteroatoms. The molecule has 4 N–H and O–H groups in total. The number of H-pyrrole nitrogens is 1. The first-order valence-corrected chi connectivity index (χ1v) is 8.44. The number of carbonyl (C=O) groups is 1. The van der Waals surface area contributed by atoms with Gasteiger partial charge in [0.15, 0.2) is 4.77 Å². The standard InChI is InChI=1S/C18H20N4O2S/c1-4-24-17(23)12-10(3)20-16-14(15(19)21-18(25)22-16)13(12)11-7-5-9(2)6-8-11/h5-8,13H,4H2,1-3H3,(H4,19,20,21,22,25). The van der Waals surface area contributed by atoms with Crippen molar-refractivity contribution >= 4 is 29.8 Å². The monoisotopic (exact) mass is 356 g/mol. The summed E-state index contributed by atoms with van der Waals surface area (Å²) >= 11 is 5.12. The van der Waals surface area contributed by atoms with Crippen LogP contribution in [0, 0.1) is 11.7 Å². The van der Waals surface area contributed by atoms with Crippen LogP contribution in [-0.4, -0.2) is 22.5 Å². The fourth-order valence-electron chi connectivity index (χ4n) is 3.07. The number of hydrogen-bond donors (Lipinski definition) is 3. The number of fused-ring (bicyclic) bond motifs is 1. The summed E-state index contributed by atoms with van der Waals surface area (Å²) in [6.45, 7) is 5.93. The maximum atomic E-state index is 12.6. The molecule has 25 heavy (non-hydrogen) atoms. The average molecular weight is 356 g/mol. The Bertz CT molecular complexity index is 916. The summed E-state index contributed by atoms with van der Waals surface area (Å²) in [5.41, 5.74) is 10.2. The van der Waals surface area contributed by atoms with Gasteiger partial charge in [-0.15, -0.1) is 0 Å². The number of aromatic amines is 1. The predicted molar refractivity (Wildman–Crippen MR) is 99.8 cm³/mol. The third-order valence-electron chi connectivity index (χ3n) is 4.19. The Kier molecular flexibility index (Phi) is 4.59. The Hall–Kier alpha value is -2.67.